The number of benzene rings is 3. The molecule has 0 spiro atoms. The molecule has 0 aromatic heterocycles. The molecule has 11 nitrogen and oxygen atoms in total. The highest BCUT2D eigenvalue weighted by Crippen LogP contribution is 2.26. The number of para-hydroxylation sites is 1. The van der Waals surface area contributed by atoms with Crippen molar-refractivity contribution in [2.45, 2.75) is 11.8 Å². The van der Waals surface area contributed by atoms with Gasteiger partial charge in [-0.15, -0.1) is 0 Å². The molecule has 0 aliphatic carbocycles. The number of nitro benzene ring substituents is 1. The Bertz CT molecular complexity index is 1510. The molecule has 0 fully saturated rings. The van der Waals surface area contributed by atoms with Gasteiger partial charge in [-0.1, -0.05) is 24.3 Å². The molecule has 0 atom stereocenters. The number of hydrogen-bond donors (Lipinski definition) is 2. The molecule has 0 saturated heterocycles. The maximum absolute atomic E-state index is 12.8. The number of nitriles is 1. The van der Waals surface area contributed by atoms with Crippen molar-refractivity contribution in [1.82, 2.24) is 0 Å². The number of rotatable bonds is 8. The average molecular weight is 506 g/mol. The summed E-state index contributed by atoms with van der Waals surface area (Å²) in [5, 5.41) is 25.3. The van der Waals surface area contributed by atoms with E-state index in [1.807, 2.05) is 0 Å². The van der Waals surface area contributed by atoms with Crippen molar-refractivity contribution in [1.29, 1.82) is 5.26 Å². The zero-order chi connectivity index (χ0) is 26.3. The summed E-state index contributed by atoms with van der Waals surface area (Å²) in [7, 11) is -4.29. The van der Waals surface area contributed by atoms with Crippen molar-refractivity contribution in [3.63, 3.8) is 0 Å². The molecule has 0 aliphatic rings. The van der Waals surface area contributed by atoms with E-state index in [-0.39, 0.29) is 33.5 Å². The van der Waals surface area contributed by atoms with Crippen LogP contribution in [0, 0.1) is 21.4 Å². The third kappa shape index (κ3) is 6.52. The molecule has 2 N–H and O–H groups in total. The van der Waals surface area contributed by atoms with E-state index >= 15 is 0 Å². The van der Waals surface area contributed by atoms with Crippen LogP contribution in [-0.4, -0.2) is 25.2 Å². The summed E-state index contributed by atoms with van der Waals surface area (Å²) in [6.07, 6.45) is 1.14. The molecule has 36 heavy (non-hydrogen) atoms. The van der Waals surface area contributed by atoms with Crippen LogP contribution in [0.4, 0.5) is 17.1 Å². The Morgan fingerprint density at radius 3 is 2.33 bits per heavy atom. The van der Waals surface area contributed by atoms with Gasteiger partial charge in [0, 0.05) is 36.0 Å². The Balaban J connectivity index is 1.85. The third-order valence-corrected chi connectivity index (χ3v) is 5.81. The van der Waals surface area contributed by atoms with E-state index < -0.39 is 26.5 Å². The molecule has 12 heteroatoms. The van der Waals surface area contributed by atoms with E-state index in [9.17, 15) is 33.4 Å². The summed E-state index contributed by atoms with van der Waals surface area (Å²) in [4.78, 5) is 33.9. The van der Waals surface area contributed by atoms with E-state index in [0.29, 0.717) is 5.69 Å². The van der Waals surface area contributed by atoms with Crippen molar-refractivity contribution in [2.24, 2.45) is 0 Å². The summed E-state index contributed by atoms with van der Waals surface area (Å²) in [5.41, 5.74) is -0.0102. The molecule has 3 aromatic rings. The third-order valence-electron chi connectivity index (χ3n) is 4.56. The van der Waals surface area contributed by atoms with Gasteiger partial charge in [-0.2, -0.15) is 13.7 Å². The lowest BCUT2D eigenvalue weighted by Gasteiger charge is -2.11. The minimum Gasteiger partial charge on any atom is -0.378 e. The first-order chi connectivity index (χ1) is 17.1. The SMILES string of the molecule is CC(=O)Nc1ccc(S(=O)(=O)Oc2ccccc2/C=C(\C#N)C(=O)Nc2cccc([N+](=O)[O-])c2)cc1. The van der Waals surface area contributed by atoms with Crippen LogP contribution in [0.1, 0.15) is 12.5 Å². The van der Waals surface area contributed by atoms with Gasteiger partial charge in [-0.25, -0.2) is 0 Å². The molecule has 2 amide bonds. The number of nitrogens with one attached hydrogen (secondary N) is 2. The molecular formula is C24H18N4O7S. The fourth-order valence-corrected chi connectivity index (χ4v) is 3.90. The Kier molecular flexibility index (Phi) is 7.78. The molecule has 3 aromatic carbocycles. The van der Waals surface area contributed by atoms with Gasteiger partial charge in [0.2, 0.25) is 5.91 Å². The van der Waals surface area contributed by atoms with Gasteiger partial charge in [0.05, 0.1) is 4.92 Å². The predicted molar refractivity (Wildman–Crippen MR) is 130 cm³/mol. The van der Waals surface area contributed by atoms with Crippen LogP contribution in [0.15, 0.2) is 83.3 Å². The van der Waals surface area contributed by atoms with Crippen LogP contribution in [0.25, 0.3) is 6.08 Å². The second-order valence-electron chi connectivity index (χ2n) is 7.21. The summed E-state index contributed by atoms with van der Waals surface area (Å²) in [6, 6.07) is 18.1. The normalized spacial score (nSPS) is 11.2. The van der Waals surface area contributed by atoms with Crippen LogP contribution in [0.5, 0.6) is 5.75 Å². The van der Waals surface area contributed by atoms with Gasteiger partial charge in [0.15, 0.2) is 0 Å². The fourth-order valence-electron chi connectivity index (χ4n) is 2.95. The summed E-state index contributed by atoms with van der Waals surface area (Å²) < 4.78 is 30.8. The van der Waals surface area contributed by atoms with Gasteiger partial charge < -0.3 is 14.8 Å². The van der Waals surface area contributed by atoms with Crippen molar-refractivity contribution in [3.8, 4) is 11.8 Å². The summed E-state index contributed by atoms with van der Waals surface area (Å²) >= 11 is 0. The number of non-ortho nitro benzene ring substituents is 1. The Hall–Kier alpha value is -5.02. The second-order valence-corrected chi connectivity index (χ2v) is 8.76. The van der Waals surface area contributed by atoms with Gasteiger partial charge in [0.25, 0.3) is 11.6 Å². The van der Waals surface area contributed by atoms with E-state index in [1.165, 1.54) is 67.6 Å². The maximum Gasteiger partial charge on any atom is 0.339 e. The number of carbonyl (C=O) groups is 2. The quantitative estimate of drug-likeness (QED) is 0.153. The average Bonchev–Trinajstić information content (AvgIpc) is 2.83. The van der Waals surface area contributed by atoms with E-state index in [1.54, 1.807) is 12.1 Å². The first kappa shape index (κ1) is 25.6. The van der Waals surface area contributed by atoms with Crippen molar-refractivity contribution < 1.29 is 27.1 Å². The monoisotopic (exact) mass is 506 g/mol. The first-order valence-electron chi connectivity index (χ1n) is 10.2. The lowest BCUT2D eigenvalue weighted by atomic mass is 10.1. The van der Waals surface area contributed by atoms with E-state index in [2.05, 4.69) is 10.6 Å². The zero-order valence-corrected chi connectivity index (χ0v) is 19.5. The fraction of sp³-hybridized carbons (Fsp3) is 0.0417. The molecule has 0 heterocycles. The molecule has 0 saturated carbocycles. The number of anilines is 2. The molecule has 0 radical (unpaired) electrons. The highest BCUT2D eigenvalue weighted by molar-refractivity contribution is 7.87. The summed E-state index contributed by atoms with van der Waals surface area (Å²) in [6.45, 7) is 1.32. The van der Waals surface area contributed by atoms with Crippen molar-refractivity contribution in [3.05, 3.63) is 94.0 Å². The predicted octanol–water partition coefficient (Wildman–Crippen LogP) is 3.87. The second kappa shape index (κ2) is 10.9. The van der Waals surface area contributed by atoms with Crippen molar-refractivity contribution >= 4 is 45.1 Å². The zero-order valence-electron chi connectivity index (χ0n) is 18.7. The molecule has 0 unspecified atom stereocenters. The van der Waals surface area contributed by atoms with Gasteiger partial charge in [-0.3, -0.25) is 19.7 Å². The Labute approximate surface area is 205 Å². The molecule has 3 rings (SSSR count). The van der Waals surface area contributed by atoms with Crippen LogP contribution in [-0.2, 0) is 19.7 Å². The lowest BCUT2D eigenvalue weighted by Crippen LogP contribution is -2.14. The summed E-state index contributed by atoms with van der Waals surface area (Å²) in [5.74, 6) is -1.31. The van der Waals surface area contributed by atoms with Gasteiger partial charge >= 0.3 is 10.1 Å². The lowest BCUT2D eigenvalue weighted by molar-refractivity contribution is -0.384. The number of nitro groups is 1. The molecule has 0 bridgehead atoms. The minimum atomic E-state index is -4.29. The van der Waals surface area contributed by atoms with Crippen molar-refractivity contribution in [2.75, 3.05) is 10.6 Å². The smallest absolute Gasteiger partial charge is 0.339 e. The highest BCUT2D eigenvalue weighted by Gasteiger charge is 2.19. The topological polar surface area (TPSA) is 168 Å². The van der Waals surface area contributed by atoms with Crippen LogP contribution in [0.3, 0.4) is 0 Å². The number of amides is 2. The largest absolute Gasteiger partial charge is 0.378 e. The molecule has 0 aliphatic heterocycles. The van der Waals surface area contributed by atoms with Crippen LogP contribution < -0.4 is 14.8 Å². The minimum absolute atomic E-state index is 0.102. The Morgan fingerprint density at radius 1 is 1.00 bits per heavy atom. The van der Waals surface area contributed by atoms with Crippen LogP contribution >= 0.6 is 0 Å². The molecular weight excluding hydrogens is 488 g/mol. The van der Waals surface area contributed by atoms with Gasteiger partial charge in [-0.05, 0) is 42.5 Å². The standard InChI is InChI=1S/C24H18N4O7S/c1-16(29)26-19-9-11-22(12-10-19)36(33,34)35-23-8-3-2-5-17(23)13-18(15-25)24(30)27-20-6-4-7-21(14-20)28(31)32/h2-14H,1H3,(H,26,29)(H,27,30)/b18-13+. The highest BCUT2D eigenvalue weighted by atomic mass is 32.2. The van der Waals surface area contributed by atoms with Gasteiger partial charge in [0.1, 0.15) is 22.3 Å². The maximum atomic E-state index is 12.8. The van der Waals surface area contributed by atoms with Crippen LogP contribution in [0.2, 0.25) is 0 Å². The molecule has 182 valence electrons. The first-order valence-corrected chi connectivity index (χ1v) is 11.6. The number of carbonyl (C=O) groups excluding carboxylic acids is 2. The number of nitrogens with zero attached hydrogens (tertiary/aromatic N) is 2. The Morgan fingerprint density at radius 2 is 1.69 bits per heavy atom. The van der Waals surface area contributed by atoms with E-state index in [4.69, 9.17) is 4.18 Å². The van der Waals surface area contributed by atoms with E-state index in [0.717, 1.165) is 12.1 Å². The number of hydrogen-bond acceptors (Lipinski definition) is 8.